The van der Waals surface area contributed by atoms with Gasteiger partial charge in [-0.3, -0.25) is 0 Å². The fraction of sp³-hybridized carbons (Fsp3) is 1.00. The van der Waals surface area contributed by atoms with Crippen LogP contribution in [0.15, 0.2) is 0 Å². The minimum absolute atomic E-state index is 0.244. The van der Waals surface area contributed by atoms with Crippen molar-refractivity contribution in [2.24, 2.45) is 11.3 Å². The van der Waals surface area contributed by atoms with Crippen molar-refractivity contribution >= 4 is 0 Å². The monoisotopic (exact) mass is 294 g/mol. The molecule has 2 heteroatoms. The van der Waals surface area contributed by atoms with Crippen LogP contribution in [0.3, 0.4) is 0 Å². The summed E-state index contributed by atoms with van der Waals surface area (Å²) in [5, 5.41) is 3.79. The normalized spacial score (nSPS) is 30.0. The molecule has 124 valence electrons. The van der Waals surface area contributed by atoms with Crippen LogP contribution in [0.25, 0.3) is 0 Å². The lowest BCUT2D eigenvalue weighted by Gasteiger charge is -2.41. The lowest BCUT2D eigenvalue weighted by atomic mass is 9.82. The highest BCUT2D eigenvalue weighted by Gasteiger charge is 2.37. The van der Waals surface area contributed by atoms with E-state index in [1.807, 2.05) is 0 Å². The van der Waals surface area contributed by atoms with Crippen LogP contribution in [0, 0.1) is 11.3 Å². The Morgan fingerprint density at radius 3 is 2.14 bits per heavy atom. The van der Waals surface area contributed by atoms with E-state index < -0.39 is 0 Å². The van der Waals surface area contributed by atoms with Crippen LogP contribution in [0.2, 0.25) is 0 Å². The zero-order valence-electron chi connectivity index (χ0n) is 15.2. The summed E-state index contributed by atoms with van der Waals surface area (Å²) in [6.45, 7) is 11.8. The zero-order valence-corrected chi connectivity index (χ0v) is 15.2. The zero-order chi connectivity index (χ0) is 15.5. The molecule has 0 aromatic rings. The standard InChI is InChI=1S/C19H38N2/c1-16-8-10-17(11-9-16)21(5)15-19(12-6-7-13-19)14-20-18(2,3)4/h16-17,20H,6-15H2,1-5H3. The van der Waals surface area contributed by atoms with Crippen molar-refractivity contribution in [3.63, 3.8) is 0 Å². The van der Waals surface area contributed by atoms with Gasteiger partial charge in [0.1, 0.15) is 0 Å². The molecule has 1 N–H and O–H groups in total. The van der Waals surface area contributed by atoms with Gasteiger partial charge in [0, 0.05) is 24.7 Å². The molecule has 0 unspecified atom stereocenters. The van der Waals surface area contributed by atoms with Gasteiger partial charge in [-0.25, -0.2) is 0 Å². The quantitative estimate of drug-likeness (QED) is 0.806. The molecule has 0 spiro atoms. The highest BCUT2D eigenvalue weighted by Crippen LogP contribution is 2.39. The predicted molar refractivity (Wildman–Crippen MR) is 92.7 cm³/mol. The van der Waals surface area contributed by atoms with E-state index in [0.29, 0.717) is 5.41 Å². The van der Waals surface area contributed by atoms with Crippen molar-refractivity contribution in [2.75, 3.05) is 20.1 Å². The lowest BCUT2D eigenvalue weighted by molar-refractivity contribution is 0.0997. The van der Waals surface area contributed by atoms with Gasteiger partial charge in [-0.2, -0.15) is 0 Å². The van der Waals surface area contributed by atoms with E-state index in [9.17, 15) is 0 Å². The first-order chi connectivity index (χ1) is 9.80. The summed E-state index contributed by atoms with van der Waals surface area (Å²) in [6, 6.07) is 0.841. The molecule has 0 saturated heterocycles. The van der Waals surface area contributed by atoms with Crippen molar-refractivity contribution < 1.29 is 0 Å². The number of nitrogens with zero attached hydrogens (tertiary/aromatic N) is 1. The highest BCUT2D eigenvalue weighted by atomic mass is 15.1. The van der Waals surface area contributed by atoms with Crippen LogP contribution in [0.4, 0.5) is 0 Å². The van der Waals surface area contributed by atoms with Gasteiger partial charge in [0.05, 0.1) is 0 Å². The average molecular weight is 295 g/mol. The van der Waals surface area contributed by atoms with Crippen LogP contribution in [0.5, 0.6) is 0 Å². The Kier molecular flexibility index (Phi) is 5.76. The van der Waals surface area contributed by atoms with Crippen molar-refractivity contribution in [3.05, 3.63) is 0 Å². The molecule has 21 heavy (non-hydrogen) atoms. The second-order valence-electron chi connectivity index (χ2n) is 9.14. The molecular formula is C19H38N2. The molecule has 2 saturated carbocycles. The van der Waals surface area contributed by atoms with E-state index in [4.69, 9.17) is 0 Å². The van der Waals surface area contributed by atoms with Gasteiger partial charge in [-0.05, 0) is 77.7 Å². The third kappa shape index (κ3) is 5.25. The number of hydrogen-bond acceptors (Lipinski definition) is 2. The summed E-state index contributed by atoms with van der Waals surface area (Å²) in [5.74, 6) is 0.956. The maximum Gasteiger partial charge on any atom is 0.00967 e. The Bertz CT molecular complexity index is 304. The summed E-state index contributed by atoms with van der Waals surface area (Å²) >= 11 is 0. The third-order valence-electron chi connectivity index (χ3n) is 5.85. The van der Waals surface area contributed by atoms with Gasteiger partial charge < -0.3 is 10.2 Å². The van der Waals surface area contributed by atoms with Crippen molar-refractivity contribution in [2.45, 2.75) is 90.6 Å². The summed E-state index contributed by atoms with van der Waals surface area (Å²) in [6.07, 6.45) is 11.4. The topological polar surface area (TPSA) is 15.3 Å². The molecular weight excluding hydrogens is 256 g/mol. The van der Waals surface area contributed by atoms with Gasteiger partial charge in [-0.1, -0.05) is 19.8 Å². The first kappa shape index (κ1) is 17.3. The van der Waals surface area contributed by atoms with Crippen LogP contribution >= 0.6 is 0 Å². The molecule has 0 radical (unpaired) electrons. The van der Waals surface area contributed by atoms with Gasteiger partial charge in [0.2, 0.25) is 0 Å². The molecule has 0 bridgehead atoms. The molecule has 2 fully saturated rings. The molecule has 2 rings (SSSR count). The first-order valence-corrected chi connectivity index (χ1v) is 9.25. The van der Waals surface area contributed by atoms with Crippen molar-refractivity contribution in [1.29, 1.82) is 0 Å². The molecule has 0 heterocycles. The van der Waals surface area contributed by atoms with E-state index in [2.05, 4.69) is 45.0 Å². The van der Waals surface area contributed by atoms with Crippen LogP contribution in [-0.4, -0.2) is 36.6 Å². The summed E-state index contributed by atoms with van der Waals surface area (Å²) in [5.41, 5.74) is 0.777. The van der Waals surface area contributed by atoms with Crippen molar-refractivity contribution in [1.82, 2.24) is 10.2 Å². The maximum atomic E-state index is 3.79. The second kappa shape index (κ2) is 7.00. The molecule has 0 aliphatic heterocycles. The summed E-state index contributed by atoms with van der Waals surface area (Å²) in [4.78, 5) is 2.71. The van der Waals surface area contributed by atoms with Gasteiger partial charge in [0.15, 0.2) is 0 Å². The molecule has 0 amide bonds. The minimum Gasteiger partial charge on any atom is -0.311 e. The maximum absolute atomic E-state index is 3.79. The van der Waals surface area contributed by atoms with Crippen LogP contribution in [-0.2, 0) is 0 Å². The molecule has 2 nitrogen and oxygen atoms in total. The Hall–Kier alpha value is -0.0800. The smallest absolute Gasteiger partial charge is 0.00967 e. The van der Waals surface area contributed by atoms with Gasteiger partial charge in [0.25, 0.3) is 0 Å². The first-order valence-electron chi connectivity index (χ1n) is 9.25. The summed E-state index contributed by atoms with van der Waals surface area (Å²) < 4.78 is 0. The molecule has 0 atom stereocenters. The molecule has 2 aliphatic carbocycles. The Balaban J connectivity index is 1.89. The third-order valence-corrected chi connectivity index (χ3v) is 5.85. The fourth-order valence-corrected chi connectivity index (χ4v) is 4.31. The number of hydrogen-bond donors (Lipinski definition) is 1. The fourth-order valence-electron chi connectivity index (χ4n) is 4.31. The predicted octanol–water partition coefficient (Wildman–Crippen LogP) is 4.45. The minimum atomic E-state index is 0.244. The van der Waals surface area contributed by atoms with E-state index in [-0.39, 0.29) is 5.54 Å². The highest BCUT2D eigenvalue weighted by molar-refractivity contribution is 4.92. The molecule has 0 aromatic carbocycles. The van der Waals surface area contributed by atoms with Gasteiger partial charge >= 0.3 is 0 Å². The van der Waals surface area contributed by atoms with E-state index >= 15 is 0 Å². The van der Waals surface area contributed by atoms with E-state index in [1.54, 1.807) is 0 Å². The largest absolute Gasteiger partial charge is 0.311 e. The SMILES string of the molecule is CC1CCC(N(C)CC2(CNC(C)(C)C)CCCC2)CC1. The lowest BCUT2D eigenvalue weighted by Crippen LogP contribution is -2.49. The Morgan fingerprint density at radius 2 is 1.62 bits per heavy atom. The summed E-state index contributed by atoms with van der Waals surface area (Å²) in [7, 11) is 2.39. The van der Waals surface area contributed by atoms with Crippen molar-refractivity contribution in [3.8, 4) is 0 Å². The molecule has 2 aliphatic rings. The number of rotatable bonds is 5. The Labute approximate surface area is 133 Å². The molecule has 0 aromatic heterocycles. The van der Waals surface area contributed by atoms with Gasteiger partial charge in [-0.15, -0.1) is 0 Å². The van der Waals surface area contributed by atoms with E-state index in [0.717, 1.165) is 12.0 Å². The number of nitrogens with one attached hydrogen (secondary N) is 1. The van der Waals surface area contributed by atoms with E-state index in [1.165, 1.54) is 64.5 Å². The Morgan fingerprint density at radius 1 is 1.05 bits per heavy atom. The average Bonchev–Trinajstić information content (AvgIpc) is 2.85. The van der Waals surface area contributed by atoms with Crippen LogP contribution in [0.1, 0.15) is 79.1 Å². The second-order valence-corrected chi connectivity index (χ2v) is 9.14. The van der Waals surface area contributed by atoms with Crippen LogP contribution < -0.4 is 5.32 Å².